The van der Waals surface area contributed by atoms with Gasteiger partial charge in [0.25, 0.3) is 0 Å². The minimum Gasteiger partial charge on any atom is -0.481 e. The lowest BCUT2D eigenvalue weighted by molar-refractivity contribution is 0.399. The zero-order chi connectivity index (χ0) is 19.0. The summed E-state index contributed by atoms with van der Waals surface area (Å²) in [5.74, 6) is 1.31. The second-order valence-electron chi connectivity index (χ2n) is 6.84. The van der Waals surface area contributed by atoms with Gasteiger partial charge >= 0.3 is 0 Å². The summed E-state index contributed by atoms with van der Waals surface area (Å²) >= 11 is 0. The average molecular weight is 395 g/mol. The van der Waals surface area contributed by atoms with Crippen molar-refractivity contribution in [2.24, 2.45) is 0 Å². The SMILES string of the molecule is COc1cc(C)c2cc(Cc3ccc4nc(OC)cc(C)c4c3)ccc2n1.Cl. The topological polar surface area (TPSA) is 44.2 Å². The van der Waals surface area contributed by atoms with Gasteiger partial charge in [-0.3, -0.25) is 0 Å². The van der Waals surface area contributed by atoms with Crippen LogP contribution in [0.15, 0.2) is 48.5 Å². The molecule has 4 rings (SSSR count). The highest BCUT2D eigenvalue weighted by Gasteiger charge is 2.07. The molecular formula is C23H23ClN2O2. The first-order chi connectivity index (χ1) is 13.1. The number of methoxy groups -OCH3 is 2. The third-order valence-electron chi connectivity index (χ3n) is 4.94. The van der Waals surface area contributed by atoms with Crippen LogP contribution in [0.25, 0.3) is 21.8 Å². The summed E-state index contributed by atoms with van der Waals surface area (Å²) in [4.78, 5) is 9.06. The monoisotopic (exact) mass is 394 g/mol. The van der Waals surface area contributed by atoms with E-state index < -0.39 is 0 Å². The summed E-state index contributed by atoms with van der Waals surface area (Å²) in [6.45, 7) is 4.18. The number of hydrogen-bond donors (Lipinski definition) is 0. The van der Waals surface area contributed by atoms with Gasteiger partial charge in [0.05, 0.1) is 25.3 Å². The second-order valence-corrected chi connectivity index (χ2v) is 6.84. The van der Waals surface area contributed by atoms with Crippen molar-refractivity contribution in [3.05, 3.63) is 70.8 Å². The number of benzene rings is 2. The smallest absolute Gasteiger partial charge is 0.213 e. The number of nitrogens with zero attached hydrogens (tertiary/aromatic N) is 2. The summed E-state index contributed by atoms with van der Waals surface area (Å²) < 4.78 is 10.5. The zero-order valence-corrected chi connectivity index (χ0v) is 17.3. The van der Waals surface area contributed by atoms with Gasteiger partial charge < -0.3 is 9.47 Å². The molecule has 2 aromatic carbocycles. The van der Waals surface area contributed by atoms with Crippen LogP contribution in [0.3, 0.4) is 0 Å². The maximum atomic E-state index is 5.27. The van der Waals surface area contributed by atoms with E-state index in [1.807, 2.05) is 12.1 Å². The molecule has 28 heavy (non-hydrogen) atoms. The Hall–Kier alpha value is -2.85. The van der Waals surface area contributed by atoms with Gasteiger partial charge in [-0.25, -0.2) is 9.97 Å². The van der Waals surface area contributed by atoms with Crippen molar-refractivity contribution in [3.8, 4) is 11.8 Å². The van der Waals surface area contributed by atoms with Gasteiger partial charge in [0.2, 0.25) is 11.8 Å². The van der Waals surface area contributed by atoms with E-state index in [0.717, 1.165) is 28.2 Å². The maximum Gasteiger partial charge on any atom is 0.213 e. The largest absolute Gasteiger partial charge is 0.481 e. The number of pyridine rings is 2. The van der Waals surface area contributed by atoms with Gasteiger partial charge in [0.1, 0.15) is 0 Å². The predicted molar refractivity (Wildman–Crippen MR) is 116 cm³/mol. The summed E-state index contributed by atoms with van der Waals surface area (Å²) in [6.07, 6.45) is 0.864. The highest BCUT2D eigenvalue weighted by Crippen LogP contribution is 2.26. The van der Waals surface area contributed by atoms with Crippen LogP contribution < -0.4 is 9.47 Å². The molecule has 2 heterocycles. The molecule has 2 aromatic heterocycles. The molecule has 0 radical (unpaired) electrons. The molecule has 0 fully saturated rings. The van der Waals surface area contributed by atoms with Crippen molar-refractivity contribution in [2.75, 3.05) is 14.2 Å². The predicted octanol–water partition coefficient (Wildman–Crippen LogP) is 5.43. The van der Waals surface area contributed by atoms with Crippen molar-refractivity contribution in [2.45, 2.75) is 20.3 Å². The van der Waals surface area contributed by atoms with Crippen molar-refractivity contribution in [3.63, 3.8) is 0 Å². The molecule has 4 nitrogen and oxygen atoms in total. The van der Waals surface area contributed by atoms with Crippen molar-refractivity contribution in [1.82, 2.24) is 9.97 Å². The minimum absolute atomic E-state index is 0. The molecule has 0 aliphatic carbocycles. The molecule has 0 N–H and O–H groups in total. The van der Waals surface area contributed by atoms with E-state index in [2.05, 4.69) is 60.2 Å². The molecule has 0 unspecified atom stereocenters. The van der Waals surface area contributed by atoms with Gasteiger partial charge in [-0.2, -0.15) is 0 Å². The molecular weight excluding hydrogens is 372 g/mol. The zero-order valence-electron chi connectivity index (χ0n) is 16.4. The standard InChI is InChI=1S/C23H22N2O2.ClH/c1-14-9-22(26-3)24-20-7-5-16(12-18(14)20)11-17-6-8-21-19(13-17)15(2)10-23(25-21)27-4;/h5-10,12-13H,11H2,1-4H3;1H. The molecule has 0 atom stereocenters. The van der Waals surface area contributed by atoms with E-state index in [4.69, 9.17) is 9.47 Å². The molecule has 0 spiro atoms. The molecule has 0 bridgehead atoms. The third-order valence-corrected chi connectivity index (χ3v) is 4.94. The highest BCUT2D eigenvalue weighted by atomic mass is 35.5. The van der Waals surface area contributed by atoms with Gasteiger partial charge in [-0.15, -0.1) is 12.4 Å². The van der Waals surface area contributed by atoms with Crippen LogP contribution in [0.1, 0.15) is 22.3 Å². The summed E-state index contributed by atoms with van der Waals surface area (Å²) in [5.41, 5.74) is 6.78. The van der Waals surface area contributed by atoms with E-state index in [9.17, 15) is 0 Å². The maximum absolute atomic E-state index is 5.27. The Kier molecular flexibility index (Phi) is 5.71. The average Bonchev–Trinajstić information content (AvgIpc) is 2.68. The Balaban J connectivity index is 0.00000225. The first kappa shape index (κ1) is 19.9. The van der Waals surface area contributed by atoms with E-state index in [0.29, 0.717) is 11.8 Å². The second kappa shape index (κ2) is 8.03. The van der Waals surface area contributed by atoms with Crippen molar-refractivity contribution >= 4 is 34.2 Å². The molecule has 144 valence electrons. The van der Waals surface area contributed by atoms with E-state index >= 15 is 0 Å². The molecule has 0 aliphatic heterocycles. The molecule has 0 aliphatic rings. The number of hydrogen-bond acceptors (Lipinski definition) is 4. The first-order valence-corrected chi connectivity index (χ1v) is 8.96. The van der Waals surface area contributed by atoms with Crippen molar-refractivity contribution < 1.29 is 9.47 Å². The van der Waals surface area contributed by atoms with Gasteiger partial charge in [0.15, 0.2) is 0 Å². The molecule has 0 amide bonds. The lowest BCUT2D eigenvalue weighted by atomic mass is 9.99. The van der Waals surface area contributed by atoms with E-state index in [-0.39, 0.29) is 12.4 Å². The molecule has 0 saturated carbocycles. The number of rotatable bonds is 4. The number of halogens is 1. The summed E-state index contributed by atoms with van der Waals surface area (Å²) in [7, 11) is 3.29. The third kappa shape index (κ3) is 3.73. The molecule has 4 aromatic rings. The number of aromatic nitrogens is 2. The quantitative estimate of drug-likeness (QED) is 0.463. The van der Waals surface area contributed by atoms with Crippen LogP contribution >= 0.6 is 12.4 Å². The molecule has 0 saturated heterocycles. The molecule has 5 heteroatoms. The van der Waals surface area contributed by atoms with E-state index in [1.54, 1.807) is 14.2 Å². The fourth-order valence-corrected chi connectivity index (χ4v) is 3.49. The normalized spacial score (nSPS) is 10.7. The Bertz CT molecular complexity index is 1070. The van der Waals surface area contributed by atoms with Crippen LogP contribution in [-0.2, 0) is 6.42 Å². The number of fused-ring (bicyclic) bond motifs is 2. The minimum atomic E-state index is 0. The highest BCUT2D eigenvalue weighted by molar-refractivity contribution is 5.85. The van der Waals surface area contributed by atoms with Crippen molar-refractivity contribution in [1.29, 1.82) is 0 Å². The number of ether oxygens (including phenoxy) is 2. The Morgan fingerprint density at radius 1 is 0.679 bits per heavy atom. The first-order valence-electron chi connectivity index (χ1n) is 8.96. The fourth-order valence-electron chi connectivity index (χ4n) is 3.49. The Labute approximate surface area is 170 Å². The number of aryl methyl sites for hydroxylation is 2. The lowest BCUT2D eigenvalue weighted by Gasteiger charge is -2.10. The Morgan fingerprint density at radius 2 is 1.11 bits per heavy atom. The van der Waals surface area contributed by atoms with Gasteiger partial charge in [0, 0.05) is 22.9 Å². The summed E-state index contributed by atoms with van der Waals surface area (Å²) in [6, 6.07) is 16.8. The van der Waals surface area contributed by atoms with Crippen LogP contribution in [-0.4, -0.2) is 24.2 Å². The van der Waals surface area contributed by atoms with Gasteiger partial charge in [-0.05, 0) is 66.8 Å². The van der Waals surface area contributed by atoms with Crippen LogP contribution in [0, 0.1) is 13.8 Å². The Morgan fingerprint density at radius 3 is 1.50 bits per heavy atom. The van der Waals surface area contributed by atoms with Gasteiger partial charge in [-0.1, -0.05) is 12.1 Å². The van der Waals surface area contributed by atoms with E-state index in [1.165, 1.54) is 22.3 Å². The lowest BCUT2D eigenvalue weighted by Crippen LogP contribution is -1.95. The van der Waals surface area contributed by atoms with Crippen LogP contribution in [0.2, 0.25) is 0 Å². The van der Waals surface area contributed by atoms with Crippen LogP contribution in [0.4, 0.5) is 0 Å². The van der Waals surface area contributed by atoms with Crippen LogP contribution in [0.5, 0.6) is 11.8 Å². The summed E-state index contributed by atoms with van der Waals surface area (Å²) in [5, 5.41) is 2.33. The fraction of sp³-hybridized carbons (Fsp3) is 0.217.